The summed E-state index contributed by atoms with van der Waals surface area (Å²) >= 11 is 5.69. The van der Waals surface area contributed by atoms with Crippen molar-refractivity contribution in [2.75, 3.05) is 13.1 Å². The molecule has 1 aromatic carbocycles. The van der Waals surface area contributed by atoms with Crippen molar-refractivity contribution in [3.63, 3.8) is 0 Å². The minimum absolute atomic E-state index is 0.0919. The third-order valence-electron chi connectivity index (χ3n) is 2.39. The second-order valence-corrected chi connectivity index (χ2v) is 4.01. The van der Waals surface area contributed by atoms with Gasteiger partial charge in [0.15, 0.2) is 5.84 Å². The van der Waals surface area contributed by atoms with Crippen LogP contribution in [0.3, 0.4) is 0 Å². The fourth-order valence-corrected chi connectivity index (χ4v) is 1.65. The zero-order valence-electron chi connectivity index (χ0n) is 9.53. The first-order valence-corrected chi connectivity index (χ1v) is 5.58. The zero-order valence-corrected chi connectivity index (χ0v) is 10.3. The van der Waals surface area contributed by atoms with E-state index in [0.717, 1.165) is 0 Å². The number of hydrogen-bond donors (Lipinski definition) is 2. The van der Waals surface area contributed by atoms with Crippen molar-refractivity contribution in [2.24, 2.45) is 10.9 Å². The highest BCUT2D eigenvalue weighted by atomic mass is 35.5. The molecule has 0 aromatic heterocycles. The minimum atomic E-state index is -0.424. The largest absolute Gasteiger partial charge is 0.409 e. The molecule has 0 bridgehead atoms. The maximum absolute atomic E-state index is 13.6. The minimum Gasteiger partial charge on any atom is -0.409 e. The van der Waals surface area contributed by atoms with E-state index >= 15 is 0 Å². The van der Waals surface area contributed by atoms with E-state index in [4.69, 9.17) is 22.5 Å². The SMILES string of the molecule is CCN(C/C(N)=N/O)Cc1cccc(Cl)c1F. The van der Waals surface area contributed by atoms with Gasteiger partial charge in [0.1, 0.15) is 5.82 Å². The molecule has 0 aliphatic rings. The number of nitrogens with zero attached hydrogens (tertiary/aromatic N) is 2. The van der Waals surface area contributed by atoms with E-state index in [0.29, 0.717) is 18.7 Å². The Labute approximate surface area is 104 Å². The van der Waals surface area contributed by atoms with Crippen LogP contribution in [0.2, 0.25) is 5.02 Å². The molecule has 0 saturated carbocycles. The number of likely N-dealkylation sites (N-methyl/N-ethyl adjacent to an activating group) is 1. The molecule has 0 atom stereocenters. The van der Waals surface area contributed by atoms with Crippen LogP contribution < -0.4 is 5.73 Å². The molecule has 0 saturated heterocycles. The summed E-state index contributed by atoms with van der Waals surface area (Å²) in [4.78, 5) is 1.84. The molecule has 0 unspecified atom stereocenters. The Morgan fingerprint density at radius 3 is 2.88 bits per heavy atom. The summed E-state index contributed by atoms with van der Waals surface area (Å²) in [5.74, 6) is -0.332. The lowest BCUT2D eigenvalue weighted by Crippen LogP contribution is -2.33. The van der Waals surface area contributed by atoms with Gasteiger partial charge in [0, 0.05) is 12.1 Å². The van der Waals surface area contributed by atoms with E-state index in [1.54, 1.807) is 12.1 Å². The monoisotopic (exact) mass is 259 g/mol. The highest BCUT2D eigenvalue weighted by Gasteiger charge is 2.11. The standard InChI is InChI=1S/C11H15ClFN3O/c1-2-16(7-10(14)15-17)6-8-4-3-5-9(12)11(8)13/h3-5,17H,2,6-7H2,1H3,(H2,14,15). The molecule has 6 heteroatoms. The van der Waals surface area contributed by atoms with Crippen LogP contribution in [-0.4, -0.2) is 29.0 Å². The predicted octanol–water partition coefficient (Wildman–Crippen LogP) is 2.05. The summed E-state index contributed by atoms with van der Waals surface area (Å²) in [6.07, 6.45) is 0. The van der Waals surface area contributed by atoms with E-state index in [1.165, 1.54) is 6.07 Å². The van der Waals surface area contributed by atoms with Gasteiger partial charge in [-0.15, -0.1) is 0 Å². The van der Waals surface area contributed by atoms with Crippen molar-refractivity contribution < 1.29 is 9.60 Å². The Bertz CT molecular complexity index is 412. The molecule has 0 radical (unpaired) electrons. The molecule has 17 heavy (non-hydrogen) atoms. The summed E-state index contributed by atoms with van der Waals surface area (Å²) < 4.78 is 13.6. The normalized spacial score (nSPS) is 12.1. The average Bonchev–Trinajstić information content (AvgIpc) is 2.33. The third kappa shape index (κ3) is 3.87. The van der Waals surface area contributed by atoms with Crippen molar-refractivity contribution in [1.29, 1.82) is 0 Å². The summed E-state index contributed by atoms with van der Waals surface area (Å²) in [5, 5.41) is 11.5. The molecule has 1 aromatic rings. The number of benzene rings is 1. The van der Waals surface area contributed by atoms with Crippen LogP contribution in [-0.2, 0) is 6.54 Å². The number of hydrogen-bond acceptors (Lipinski definition) is 3. The second kappa shape index (κ2) is 6.42. The van der Waals surface area contributed by atoms with Gasteiger partial charge in [-0.1, -0.05) is 35.8 Å². The van der Waals surface area contributed by atoms with Gasteiger partial charge in [0.2, 0.25) is 0 Å². The smallest absolute Gasteiger partial charge is 0.153 e. The van der Waals surface area contributed by atoms with Gasteiger partial charge in [-0.3, -0.25) is 4.90 Å². The molecule has 0 fully saturated rings. The summed E-state index contributed by atoms with van der Waals surface area (Å²) in [5.41, 5.74) is 5.90. The first-order chi connectivity index (χ1) is 8.08. The first kappa shape index (κ1) is 13.7. The Morgan fingerprint density at radius 2 is 2.29 bits per heavy atom. The van der Waals surface area contributed by atoms with E-state index in [9.17, 15) is 4.39 Å². The molecule has 0 amide bonds. The fraction of sp³-hybridized carbons (Fsp3) is 0.364. The van der Waals surface area contributed by atoms with E-state index in [-0.39, 0.29) is 17.4 Å². The zero-order chi connectivity index (χ0) is 12.8. The van der Waals surface area contributed by atoms with E-state index < -0.39 is 5.82 Å². The summed E-state index contributed by atoms with van der Waals surface area (Å²) in [6, 6.07) is 4.86. The molecule has 0 spiro atoms. The van der Waals surface area contributed by atoms with Crippen molar-refractivity contribution >= 4 is 17.4 Å². The summed E-state index contributed by atoms with van der Waals surface area (Å²) in [6.45, 7) is 3.20. The van der Waals surface area contributed by atoms with Crippen molar-refractivity contribution in [3.8, 4) is 0 Å². The number of nitrogens with two attached hydrogens (primary N) is 1. The van der Waals surface area contributed by atoms with Crippen molar-refractivity contribution in [1.82, 2.24) is 4.90 Å². The first-order valence-electron chi connectivity index (χ1n) is 5.20. The molecule has 0 aliphatic heterocycles. The highest BCUT2D eigenvalue weighted by Crippen LogP contribution is 2.19. The van der Waals surface area contributed by atoms with Crippen LogP contribution >= 0.6 is 11.6 Å². The van der Waals surface area contributed by atoms with Crippen LogP contribution in [0.15, 0.2) is 23.4 Å². The van der Waals surface area contributed by atoms with Gasteiger partial charge in [-0.25, -0.2) is 4.39 Å². The Balaban J connectivity index is 2.77. The molecule has 1 rings (SSSR count). The van der Waals surface area contributed by atoms with Crippen molar-refractivity contribution in [3.05, 3.63) is 34.6 Å². The number of amidine groups is 1. The van der Waals surface area contributed by atoms with Crippen molar-refractivity contribution in [2.45, 2.75) is 13.5 Å². The Morgan fingerprint density at radius 1 is 1.59 bits per heavy atom. The van der Waals surface area contributed by atoms with E-state index in [2.05, 4.69) is 5.16 Å². The van der Waals surface area contributed by atoms with Crippen LogP contribution in [0.4, 0.5) is 4.39 Å². The van der Waals surface area contributed by atoms with Gasteiger partial charge < -0.3 is 10.9 Å². The lowest BCUT2D eigenvalue weighted by molar-refractivity contribution is 0.292. The Kier molecular flexibility index (Phi) is 5.18. The third-order valence-corrected chi connectivity index (χ3v) is 2.68. The van der Waals surface area contributed by atoms with E-state index in [1.807, 2.05) is 11.8 Å². The van der Waals surface area contributed by atoms with Crippen LogP contribution in [0.25, 0.3) is 0 Å². The molecular formula is C11H15ClFN3O. The maximum Gasteiger partial charge on any atom is 0.153 e. The van der Waals surface area contributed by atoms with Crippen LogP contribution in [0.1, 0.15) is 12.5 Å². The maximum atomic E-state index is 13.6. The number of oxime groups is 1. The van der Waals surface area contributed by atoms with Gasteiger partial charge in [-0.05, 0) is 12.6 Å². The average molecular weight is 260 g/mol. The lowest BCUT2D eigenvalue weighted by Gasteiger charge is -2.19. The molecule has 0 aliphatic carbocycles. The lowest BCUT2D eigenvalue weighted by atomic mass is 10.2. The van der Waals surface area contributed by atoms with Gasteiger partial charge >= 0.3 is 0 Å². The Hall–Kier alpha value is -1.33. The predicted molar refractivity (Wildman–Crippen MR) is 65.8 cm³/mol. The summed E-state index contributed by atoms with van der Waals surface area (Å²) in [7, 11) is 0. The highest BCUT2D eigenvalue weighted by molar-refractivity contribution is 6.30. The topological polar surface area (TPSA) is 61.8 Å². The molecule has 4 nitrogen and oxygen atoms in total. The van der Waals surface area contributed by atoms with Gasteiger partial charge in [0.25, 0.3) is 0 Å². The molecular weight excluding hydrogens is 245 g/mol. The molecule has 94 valence electrons. The number of halogens is 2. The van der Waals surface area contributed by atoms with Gasteiger partial charge in [-0.2, -0.15) is 0 Å². The number of rotatable bonds is 5. The molecule has 0 heterocycles. The second-order valence-electron chi connectivity index (χ2n) is 3.61. The quantitative estimate of drug-likeness (QED) is 0.368. The van der Waals surface area contributed by atoms with Crippen LogP contribution in [0, 0.1) is 5.82 Å². The molecule has 3 N–H and O–H groups in total. The van der Waals surface area contributed by atoms with Crippen LogP contribution in [0.5, 0.6) is 0 Å². The van der Waals surface area contributed by atoms with Gasteiger partial charge in [0.05, 0.1) is 11.6 Å². The fourth-order valence-electron chi connectivity index (χ4n) is 1.45.